The highest BCUT2D eigenvalue weighted by atomic mass is 16.3. The Kier molecular flexibility index (Phi) is 5.97. The number of ketones is 1. The number of carbonyl (C=O) groups excluding carboxylic acids is 1. The van der Waals surface area contributed by atoms with Crippen molar-refractivity contribution >= 4 is 5.78 Å². The Balaban J connectivity index is 1.68. The van der Waals surface area contributed by atoms with Crippen molar-refractivity contribution in [1.29, 1.82) is 0 Å². The van der Waals surface area contributed by atoms with Gasteiger partial charge in [-0.1, -0.05) is 68.4 Å². The van der Waals surface area contributed by atoms with Crippen molar-refractivity contribution in [3.63, 3.8) is 0 Å². The third kappa shape index (κ3) is 4.90. The molecule has 4 nitrogen and oxygen atoms in total. The Bertz CT molecular complexity index is 809. The third-order valence-corrected chi connectivity index (χ3v) is 4.25. The lowest BCUT2D eigenvalue weighted by molar-refractivity contribution is -0.120. The molecule has 0 radical (unpaired) electrons. The van der Waals surface area contributed by atoms with Gasteiger partial charge in [0.15, 0.2) is 17.9 Å². The zero-order valence-electron chi connectivity index (χ0n) is 15.2. The van der Waals surface area contributed by atoms with E-state index in [1.807, 2.05) is 42.5 Å². The quantitative estimate of drug-likeness (QED) is 0.667. The van der Waals surface area contributed by atoms with Crippen LogP contribution in [-0.4, -0.2) is 22.9 Å². The van der Waals surface area contributed by atoms with E-state index in [2.05, 4.69) is 36.3 Å². The summed E-state index contributed by atoms with van der Waals surface area (Å²) >= 11 is 0. The summed E-state index contributed by atoms with van der Waals surface area (Å²) in [4.78, 5) is 16.8. The van der Waals surface area contributed by atoms with Crippen LogP contribution in [0, 0.1) is 0 Å². The topological polar surface area (TPSA) is 55.1 Å². The molecule has 0 aliphatic rings. The van der Waals surface area contributed by atoms with Gasteiger partial charge in [0.05, 0.1) is 12.2 Å². The number of aromatic nitrogens is 1. The van der Waals surface area contributed by atoms with Crippen LogP contribution in [0.25, 0.3) is 11.3 Å². The molecule has 1 N–H and O–H groups in total. The molecule has 3 aromatic rings. The lowest BCUT2D eigenvalue weighted by atomic mass is 9.96. The van der Waals surface area contributed by atoms with E-state index in [0.29, 0.717) is 12.8 Å². The van der Waals surface area contributed by atoms with E-state index in [1.54, 1.807) is 6.20 Å². The molecule has 4 heteroatoms. The summed E-state index contributed by atoms with van der Waals surface area (Å²) in [5.74, 6) is 0.932. The van der Waals surface area contributed by atoms with Gasteiger partial charge in [0, 0.05) is 18.0 Å². The molecule has 134 valence electrons. The van der Waals surface area contributed by atoms with Gasteiger partial charge in [0.25, 0.3) is 0 Å². The maximum atomic E-state index is 12.9. The van der Waals surface area contributed by atoms with Crippen LogP contribution in [0.15, 0.2) is 71.6 Å². The summed E-state index contributed by atoms with van der Waals surface area (Å²) in [5.41, 5.74) is 3.13. The first kappa shape index (κ1) is 18.1. The molecule has 0 saturated heterocycles. The van der Waals surface area contributed by atoms with E-state index < -0.39 is 0 Å². The molecule has 0 aliphatic carbocycles. The molecule has 1 aromatic heterocycles. The average Bonchev–Trinajstić information content (AvgIpc) is 3.17. The van der Waals surface area contributed by atoms with Crippen molar-refractivity contribution in [3.05, 3.63) is 78.3 Å². The van der Waals surface area contributed by atoms with Crippen LogP contribution in [0.3, 0.4) is 0 Å². The first-order valence-corrected chi connectivity index (χ1v) is 8.92. The lowest BCUT2D eigenvalue weighted by Crippen LogP contribution is -2.43. The van der Waals surface area contributed by atoms with Crippen LogP contribution in [0.2, 0.25) is 0 Å². The van der Waals surface area contributed by atoms with E-state index in [4.69, 9.17) is 4.42 Å². The molecule has 1 heterocycles. The second-order valence-electron chi connectivity index (χ2n) is 6.77. The number of hydrogen-bond acceptors (Lipinski definition) is 4. The molecule has 0 fully saturated rings. The molecular formula is C22H24N2O2. The van der Waals surface area contributed by atoms with Gasteiger partial charge in [-0.2, -0.15) is 0 Å². The smallest absolute Gasteiger partial charge is 0.181 e. The van der Waals surface area contributed by atoms with Crippen LogP contribution >= 0.6 is 0 Å². The van der Waals surface area contributed by atoms with Crippen molar-refractivity contribution in [1.82, 2.24) is 10.3 Å². The molecule has 0 aliphatic heterocycles. The number of oxazole rings is 1. The van der Waals surface area contributed by atoms with Crippen LogP contribution in [0.4, 0.5) is 0 Å². The van der Waals surface area contributed by atoms with Crippen LogP contribution in [0.5, 0.6) is 0 Å². The monoisotopic (exact) mass is 348 g/mol. The Labute approximate surface area is 154 Å². The van der Waals surface area contributed by atoms with Gasteiger partial charge in [-0.15, -0.1) is 0 Å². The summed E-state index contributed by atoms with van der Waals surface area (Å²) in [7, 11) is 0. The number of nitrogens with zero attached hydrogens (tertiary/aromatic N) is 1. The molecule has 0 amide bonds. The molecule has 2 aromatic carbocycles. The normalized spacial score (nSPS) is 12.3. The molecule has 0 saturated carbocycles. The molecule has 26 heavy (non-hydrogen) atoms. The van der Waals surface area contributed by atoms with Gasteiger partial charge in [-0.3, -0.25) is 4.79 Å². The largest absolute Gasteiger partial charge is 0.444 e. The zero-order valence-corrected chi connectivity index (χ0v) is 15.2. The number of carbonyl (C=O) groups is 1. The summed E-state index contributed by atoms with van der Waals surface area (Å²) in [6, 6.07) is 18.1. The van der Waals surface area contributed by atoms with Gasteiger partial charge < -0.3 is 9.73 Å². The average molecular weight is 348 g/mol. The SMILES string of the molecule is CC(C)N[C@@H](Cc1ccccc1)C(=O)Cc1ccc(-c2cnco2)cc1. The number of Topliss-reactive ketones (excluding diaryl/α,β-unsaturated/α-hetero) is 1. The van der Waals surface area contributed by atoms with Crippen molar-refractivity contribution in [3.8, 4) is 11.3 Å². The summed E-state index contributed by atoms with van der Waals surface area (Å²) in [6.07, 6.45) is 4.21. The molecule has 1 atom stereocenters. The molecule has 0 unspecified atom stereocenters. The van der Waals surface area contributed by atoms with E-state index in [9.17, 15) is 4.79 Å². The van der Waals surface area contributed by atoms with Gasteiger partial charge in [0.2, 0.25) is 0 Å². The maximum Gasteiger partial charge on any atom is 0.181 e. The molecule has 3 rings (SSSR count). The standard InChI is InChI=1S/C22H24N2O2/c1-16(2)24-20(12-17-6-4-3-5-7-17)21(25)13-18-8-10-19(11-9-18)22-14-23-15-26-22/h3-11,14-16,20,24H,12-13H2,1-2H3/t20-/m0/s1. The Hall–Kier alpha value is -2.72. The van der Waals surface area contributed by atoms with Crippen molar-refractivity contribution in [2.24, 2.45) is 0 Å². The predicted molar refractivity (Wildman–Crippen MR) is 103 cm³/mol. The first-order valence-electron chi connectivity index (χ1n) is 8.92. The summed E-state index contributed by atoms with van der Waals surface area (Å²) < 4.78 is 5.30. The minimum Gasteiger partial charge on any atom is -0.444 e. The van der Waals surface area contributed by atoms with Gasteiger partial charge >= 0.3 is 0 Å². The maximum absolute atomic E-state index is 12.9. The van der Waals surface area contributed by atoms with Crippen molar-refractivity contribution in [2.45, 2.75) is 38.8 Å². The number of rotatable bonds is 8. The number of hydrogen-bond donors (Lipinski definition) is 1. The van der Waals surface area contributed by atoms with Crippen LogP contribution in [-0.2, 0) is 17.6 Å². The number of benzene rings is 2. The Morgan fingerprint density at radius 1 is 1.04 bits per heavy atom. The summed E-state index contributed by atoms with van der Waals surface area (Å²) in [6.45, 7) is 4.13. The van der Waals surface area contributed by atoms with Crippen molar-refractivity contribution < 1.29 is 9.21 Å². The second kappa shape index (κ2) is 8.59. The Morgan fingerprint density at radius 2 is 1.77 bits per heavy atom. The van der Waals surface area contributed by atoms with Crippen LogP contribution in [0.1, 0.15) is 25.0 Å². The summed E-state index contributed by atoms with van der Waals surface area (Å²) in [5, 5.41) is 3.41. The highest BCUT2D eigenvalue weighted by Crippen LogP contribution is 2.19. The van der Waals surface area contributed by atoms with E-state index in [1.165, 1.54) is 12.0 Å². The fourth-order valence-corrected chi connectivity index (χ4v) is 2.99. The van der Waals surface area contributed by atoms with E-state index >= 15 is 0 Å². The van der Waals surface area contributed by atoms with E-state index in [0.717, 1.165) is 16.9 Å². The fourth-order valence-electron chi connectivity index (χ4n) is 2.99. The van der Waals surface area contributed by atoms with E-state index in [-0.39, 0.29) is 17.9 Å². The van der Waals surface area contributed by atoms with Crippen molar-refractivity contribution in [2.75, 3.05) is 0 Å². The highest BCUT2D eigenvalue weighted by Gasteiger charge is 2.20. The Morgan fingerprint density at radius 3 is 2.38 bits per heavy atom. The molecule has 0 spiro atoms. The molecular weight excluding hydrogens is 324 g/mol. The van der Waals surface area contributed by atoms with Gasteiger partial charge in [0.1, 0.15) is 0 Å². The third-order valence-electron chi connectivity index (χ3n) is 4.25. The highest BCUT2D eigenvalue weighted by molar-refractivity contribution is 5.86. The number of nitrogens with one attached hydrogen (secondary N) is 1. The molecule has 0 bridgehead atoms. The predicted octanol–water partition coefficient (Wildman–Crippen LogP) is 4.06. The minimum atomic E-state index is -0.189. The van der Waals surface area contributed by atoms with Gasteiger partial charge in [-0.05, 0) is 17.5 Å². The lowest BCUT2D eigenvalue weighted by Gasteiger charge is -2.20. The second-order valence-corrected chi connectivity index (χ2v) is 6.77. The fraction of sp³-hybridized carbons (Fsp3) is 0.273. The zero-order chi connectivity index (χ0) is 18.4. The van der Waals surface area contributed by atoms with Gasteiger partial charge in [-0.25, -0.2) is 4.98 Å². The van der Waals surface area contributed by atoms with Crippen LogP contribution < -0.4 is 5.32 Å². The first-order chi connectivity index (χ1) is 12.6. The minimum absolute atomic E-state index is 0.189.